The molecule has 1 aliphatic heterocycles. The first kappa shape index (κ1) is 34.4. The van der Waals surface area contributed by atoms with E-state index in [1.807, 2.05) is 12.1 Å². The maximum Gasteiger partial charge on any atom is 0.408 e. The first-order valence-electron chi connectivity index (χ1n) is 16.1. The second-order valence-electron chi connectivity index (χ2n) is 12.1. The van der Waals surface area contributed by atoms with Crippen LogP contribution in [0.3, 0.4) is 0 Å². The van der Waals surface area contributed by atoms with Gasteiger partial charge in [0, 0.05) is 13.1 Å². The van der Waals surface area contributed by atoms with Crippen LogP contribution in [0.5, 0.6) is 0 Å². The second-order valence-corrected chi connectivity index (χ2v) is 12.1. The SMILES string of the molecule is NC(=O)C[C@H](NC(=O)OCc1ccccc1)C(=O)NC(Cc1ccccc1)C(O)C(=O)N1CCC[C@H]1C(=O)NCC1CCCCC1. The Balaban J connectivity index is 1.43. The third-order valence-electron chi connectivity index (χ3n) is 8.62. The lowest BCUT2D eigenvalue weighted by Gasteiger charge is -2.31. The Morgan fingerprint density at radius 3 is 2.17 bits per heavy atom. The van der Waals surface area contributed by atoms with E-state index in [1.165, 1.54) is 11.3 Å². The first-order valence-corrected chi connectivity index (χ1v) is 16.1. The van der Waals surface area contributed by atoms with Gasteiger partial charge in [-0.2, -0.15) is 0 Å². The predicted molar refractivity (Wildman–Crippen MR) is 170 cm³/mol. The van der Waals surface area contributed by atoms with E-state index < -0.39 is 54.5 Å². The topological polar surface area (TPSA) is 180 Å². The van der Waals surface area contributed by atoms with Crippen molar-refractivity contribution in [3.8, 4) is 0 Å². The Hall–Kier alpha value is -4.45. The van der Waals surface area contributed by atoms with Crippen molar-refractivity contribution in [1.29, 1.82) is 0 Å². The Morgan fingerprint density at radius 1 is 0.870 bits per heavy atom. The lowest BCUT2D eigenvalue weighted by molar-refractivity contribution is -0.147. The number of nitrogens with two attached hydrogens (primary N) is 1. The van der Waals surface area contributed by atoms with Gasteiger partial charge in [0.25, 0.3) is 5.91 Å². The Labute approximate surface area is 269 Å². The molecule has 248 valence electrons. The molecule has 1 heterocycles. The molecule has 2 unspecified atom stereocenters. The highest BCUT2D eigenvalue weighted by Crippen LogP contribution is 2.24. The van der Waals surface area contributed by atoms with E-state index in [4.69, 9.17) is 10.5 Å². The molecule has 46 heavy (non-hydrogen) atoms. The number of ether oxygens (including phenoxy) is 1. The summed E-state index contributed by atoms with van der Waals surface area (Å²) in [5.74, 6) is -2.17. The smallest absolute Gasteiger partial charge is 0.408 e. The van der Waals surface area contributed by atoms with Crippen molar-refractivity contribution in [1.82, 2.24) is 20.9 Å². The van der Waals surface area contributed by atoms with Crippen LogP contribution >= 0.6 is 0 Å². The van der Waals surface area contributed by atoms with Gasteiger partial charge in [0.15, 0.2) is 6.10 Å². The zero-order valence-electron chi connectivity index (χ0n) is 26.1. The molecule has 4 atom stereocenters. The number of rotatable bonds is 14. The van der Waals surface area contributed by atoms with Crippen LogP contribution in [0.1, 0.15) is 62.5 Å². The fourth-order valence-corrected chi connectivity index (χ4v) is 6.11. The number of primary amides is 1. The normalized spacial score (nSPS) is 18.5. The lowest BCUT2D eigenvalue weighted by atomic mass is 9.89. The number of nitrogens with zero attached hydrogens (tertiary/aromatic N) is 1. The average Bonchev–Trinajstić information content (AvgIpc) is 3.56. The molecule has 12 heteroatoms. The van der Waals surface area contributed by atoms with Crippen molar-refractivity contribution in [2.24, 2.45) is 11.7 Å². The van der Waals surface area contributed by atoms with Gasteiger partial charge in [-0.15, -0.1) is 0 Å². The molecule has 4 rings (SSSR count). The van der Waals surface area contributed by atoms with Crippen LogP contribution in [-0.2, 0) is 36.9 Å². The van der Waals surface area contributed by atoms with E-state index in [-0.39, 0.29) is 18.9 Å². The number of carbonyl (C=O) groups is 5. The van der Waals surface area contributed by atoms with E-state index in [2.05, 4.69) is 16.0 Å². The van der Waals surface area contributed by atoms with Gasteiger partial charge in [0.1, 0.15) is 18.7 Å². The fourth-order valence-electron chi connectivity index (χ4n) is 6.11. The predicted octanol–water partition coefficient (Wildman–Crippen LogP) is 1.93. The summed E-state index contributed by atoms with van der Waals surface area (Å²) in [4.78, 5) is 66.1. The molecule has 2 aromatic carbocycles. The van der Waals surface area contributed by atoms with Crippen LogP contribution < -0.4 is 21.7 Å². The summed E-state index contributed by atoms with van der Waals surface area (Å²) in [6, 6.07) is 14.6. The van der Waals surface area contributed by atoms with Crippen LogP contribution in [0.15, 0.2) is 60.7 Å². The van der Waals surface area contributed by atoms with Gasteiger partial charge >= 0.3 is 6.09 Å². The summed E-state index contributed by atoms with van der Waals surface area (Å²) in [6.45, 7) is 0.795. The number of hydrogen-bond acceptors (Lipinski definition) is 7. The van der Waals surface area contributed by atoms with E-state index in [9.17, 15) is 29.1 Å². The molecule has 2 fully saturated rings. The Kier molecular flexibility index (Phi) is 12.9. The minimum Gasteiger partial charge on any atom is -0.445 e. The number of likely N-dealkylation sites (tertiary alicyclic amines) is 1. The van der Waals surface area contributed by atoms with E-state index in [0.717, 1.165) is 36.8 Å². The standard InChI is InChI=1S/C34H45N5O7/c35-29(40)20-27(38-34(45)46-22-25-15-8-3-9-16-25)31(42)37-26(19-23-11-4-1-5-12-23)30(41)33(44)39-18-10-17-28(39)32(43)36-21-24-13-6-2-7-14-24/h1,3-5,8-9,11-12,15-16,24,26-28,30,41H,2,6-7,10,13-14,17-22H2,(H2,35,40)(H,36,43)(H,37,42)(H,38,45)/t26?,27-,28-,30?/m0/s1. The molecule has 12 nitrogen and oxygen atoms in total. The number of nitrogens with one attached hydrogen (secondary N) is 3. The number of carbonyl (C=O) groups excluding carboxylic acids is 5. The molecule has 1 aliphatic carbocycles. The van der Waals surface area contributed by atoms with Crippen molar-refractivity contribution in [2.45, 2.75) is 88.6 Å². The molecule has 6 N–H and O–H groups in total. The molecule has 5 amide bonds. The maximum atomic E-state index is 13.7. The molecule has 2 aliphatic rings. The van der Waals surface area contributed by atoms with Gasteiger partial charge in [-0.1, -0.05) is 79.9 Å². The largest absolute Gasteiger partial charge is 0.445 e. The summed E-state index contributed by atoms with van der Waals surface area (Å²) in [6.07, 6.45) is 3.61. The van der Waals surface area contributed by atoms with Crippen LogP contribution in [-0.4, -0.2) is 77.0 Å². The Bertz CT molecular complexity index is 1320. The highest BCUT2D eigenvalue weighted by atomic mass is 16.5. The molecule has 2 aromatic rings. The van der Waals surface area contributed by atoms with Crippen molar-refractivity contribution >= 4 is 29.7 Å². The average molecular weight is 636 g/mol. The van der Waals surface area contributed by atoms with Crippen molar-refractivity contribution in [2.75, 3.05) is 13.1 Å². The minimum atomic E-state index is -1.71. The highest BCUT2D eigenvalue weighted by Gasteiger charge is 2.40. The quantitative estimate of drug-likeness (QED) is 0.210. The van der Waals surface area contributed by atoms with Crippen molar-refractivity contribution < 1.29 is 33.8 Å². The summed E-state index contributed by atoms with van der Waals surface area (Å²) >= 11 is 0. The Morgan fingerprint density at radius 2 is 1.52 bits per heavy atom. The second kappa shape index (κ2) is 17.3. The maximum absolute atomic E-state index is 13.7. The van der Waals surface area contributed by atoms with E-state index in [1.54, 1.807) is 48.5 Å². The number of alkyl carbamates (subject to hydrolysis) is 1. The first-order chi connectivity index (χ1) is 22.2. The van der Waals surface area contributed by atoms with Crippen molar-refractivity contribution in [3.05, 3.63) is 71.8 Å². The molecule has 0 spiro atoms. The summed E-state index contributed by atoms with van der Waals surface area (Å²) < 4.78 is 5.21. The molecular formula is C34H45N5O7. The van der Waals surface area contributed by atoms with Crippen LogP contribution in [0.4, 0.5) is 4.79 Å². The van der Waals surface area contributed by atoms with Gasteiger partial charge in [-0.25, -0.2) is 4.79 Å². The zero-order valence-corrected chi connectivity index (χ0v) is 26.1. The highest BCUT2D eigenvalue weighted by molar-refractivity contribution is 5.93. The number of aliphatic hydroxyl groups is 1. The lowest BCUT2D eigenvalue weighted by Crippen LogP contribution is -2.58. The molecule has 0 radical (unpaired) electrons. The van der Waals surface area contributed by atoms with Crippen LogP contribution in [0.2, 0.25) is 0 Å². The fraction of sp³-hybridized carbons (Fsp3) is 0.500. The zero-order chi connectivity index (χ0) is 32.9. The number of amides is 5. The number of hydrogen-bond donors (Lipinski definition) is 5. The van der Waals surface area contributed by atoms with Crippen molar-refractivity contribution in [3.63, 3.8) is 0 Å². The van der Waals surface area contributed by atoms with Gasteiger partial charge in [-0.3, -0.25) is 19.2 Å². The summed E-state index contributed by atoms with van der Waals surface area (Å²) in [7, 11) is 0. The third-order valence-corrected chi connectivity index (χ3v) is 8.62. The van der Waals surface area contributed by atoms with Gasteiger partial charge in [0.2, 0.25) is 17.7 Å². The van der Waals surface area contributed by atoms with E-state index in [0.29, 0.717) is 31.8 Å². The van der Waals surface area contributed by atoms with Crippen LogP contribution in [0, 0.1) is 5.92 Å². The van der Waals surface area contributed by atoms with Crippen LogP contribution in [0.25, 0.3) is 0 Å². The minimum absolute atomic E-state index is 0.0628. The molecule has 1 saturated heterocycles. The van der Waals surface area contributed by atoms with Gasteiger partial charge in [0.05, 0.1) is 12.5 Å². The van der Waals surface area contributed by atoms with E-state index >= 15 is 0 Å². The molecule has 1 saturated carbocycles. The van der Waals surface area contributed by atoms with Gasteiger partial charge in [-0.05, 0) is 49.1 Å². The van der Waals surface area contributed by atoms with Gasteiger partial charge < -0.3 is 36.4 Å². The molecule has 0 bridgehead atoms. The molecular weight excluding hydrogens is 590 g/mol. The number of aliphatic hydroxyl groups excluding tert-OH is 1. The third kappa shape index (κ3) is 10.3. The number of benzene rings is 2. The summed E-state index contributed by atoms with van der Waals surface area (Å²) in [5.41, 5.74) is 6.82. The molecule has 0 aromatic heterocycles. The summed E-state index contributed by atoms with van der Waals surface area (Å²) in [5, 5.41) is 19.4. The monoisotopic (exact) mass is 635 g/mol.